The topological polar surface area (TPSA) is 32.7 Å². The number of aliphatic hydroxyl groups excluding tert-OH is 1. The van der Waals surface area contributed by atoms with E-state index in [2.05, 4.69) is 24.9 Å². The van der Waals surface area contributed by atoms with Crippen LogP contribution in [0.4, 0.5) is 0 Å². The van der Waals surface area contributed by atoms with Gasteiger partial charge in [0.2, 0.25) is 0 Å². The smallest absolute Gasteiger partial charge is 0.119 e. The second-order valence-electron chi connectivity index (χ2n) is 5.10. The fourth-order valence-corrected chi connectivity index (χ4v) is 2.86. The van der Waals surface area contributed by atoms with E-state index in [4.69, 9.17) is 4.74 Å². The average Bonchev–Trinajstić information content (AvgIpc) is 2.38. The Kier molecular flexibility index (Phi) is 4.25. The molecule has 2 atom stereocenters. The van der Waals surface area contributed by atoms with Gasteiger partial charge in [-0.2, -0.15) is 0 Å². The minimum Gasteiger partial charge on any atom is -0.497 e. The van der Waals surface area contributed by atoms with E-state index >= 15 is 0 Å². The van der Waals surface area contributed by atoms with Gasteiger partial charge in [0.25, 0.3) is 0 Å². The lowest BCUT2D eigenvalue weighted by atomic mass is 9.85. The van der Waals surface area contributed by atoms with Crippen LogP contribution in [0.25, 0.3) is 0 Å². The van der Waals surface area contributed by atoms with Crippen LogP contribution in [-0.4, -0.2) is 36.8 Å². The Morgan fingerprint density at radius 2 is 2.22 bits per heavy atom. The number of aryl methyl sites for hydroxylation is 1. The molecule has 18 heavy (non-hydrogen) atoms. The van der Waals surface area contributed by atoms with Gasteiger partial charge < -0.3 is 14.7 Å². The van der Waals surface area contributed by atoms with Gasteiger partial charge in [0.05, 0.1) is 13.2 Å². The van der Waals surface area contributed by atoms with E-state index in [9.17, 15) is 5.11 Å². The Bertz CT molecular complexity index is 405. The fourth-order valence-electron chi connectivity index (χ4n) is 2.86. The lowest BCUT2D eigenvalue weighted by Crippen LogP contribution is -2.40. The molecule has 3 nitrogen and oxygen atoms in total. The van der Waals surface area contributed by atoms with Gasteiger partial charge in [0.15, 0.2) is 0 Å². The van der Waals surface area contributed by atoms with Crippen molar-refractivity contribution in [3.63, 3.8) is 0 Å². The van der Waals surface area contributed by atoms with E-state index in [-0.39, 0.29) is 12.1 Å². The average molecular weight is 249 g/mol. The van der Waals surface area contributed by atoms with E-state index in [1.807, 2.05) is 12.1 Å². The summed E-state index contributed by atoms with van der Waals surface area (Å²) in [7, 11) is 3.78. The maximum atomic E-state index is 10.5. The van der Waals surface area contributed by atoms with E-state index in [1.165, 1.54) is 5.56 Å². The minimum absolute atomic E-state index is 0.242. The first-order valence-corrected chi connectivity index (χ1v) is 6.72. The highest BCUT2D eigenvalue weighted by Gasteiger charge is 2.30. The predicted octanol–water partition coefficient (Wildman–Crippen LogP) is 2.39. The van der Waals surface area contributed by atoms with Crippen LogP contribution in [-0.2, 0) is 6.42 Å². The normalized spacial score (nSPS) is 22.9. The molecule has 2 rings (SSSR count). The molecular formula is C15H23NO2. The molecule has 100 valence electrons. The first-order valence-electron chi connectivity index (χ1n) is 6.72. The second kappa shape index (κ2) is 5.72. The molecule has 1 aliphatic rings. The van der Waals surface area contributed by atoms with Crippen molar-refractivity contribution in [2.24, 2.45) is 0 Å². The Morgan fingerprint density at radius 3 is 2.89 bits per heavy atom. The van der Waals surface area contributed by atoms with Crippen molar-refractivity contribution >= 4 is 0 Å². The number of fused-ring (bicyclic) bond motifs is 1. The molecule has 0 aliphatic heterocycles. The van der Waals surface area contributed by atoms with Crippen LogP contribution in [0.1, 0.15) is 37.0 Å². The number of ether oxygens (including phenoxy) is 1. The fraction of sp³-hybridized carbons (Fsp3) is 0.600. The summed E-state index contributed by atoms with van der Waals surface area (Å²) in [6.45, 7) is 3.21. The Labute approximate surface area is 109 Å². The van der Waals surface area contributed by atoms with Crippen LogP contribution < -0.4 is 4.74 Å². The van der Waals surface area contributed by atoms with Crippen LogP contribution in [0.5, 0.6) is 5.75 Å². The number of nitrogens with zero attached hydrogens (tertiary/aromatic N) is 1. The highest BCUT2D eigenvalue weighted by Crippen LogP contribution is 2.34. The molecule has 0 radical (unpaired) electrons. The van der Waals surface area contributed by atoms with Crippen LogP contribution in [0, 0.1) is 0 Å². The van der Waals surface area contributed by atoms with Gasteiger partial charge in [0.1, 0.15) is 5.75 Å². The molecule has 0 amide bonds. The number of hydrogen-bond acceptors (Lipinski definition) is 3. The van der Waals surface area contributed by atoms with Crippen molar-refractivity contribution in [3.8, 4) is 5.75 Å². The number of aliphatic hydroxyl groups is 1. The first kappa shape index (κ1) is 13.4. The van der Waals surface area contributed by atoms with Crippen molar-refractivity contribution in [2.45, 2.75) is 38.3 Å². The van der Waals surface area contributed by atoms with Crippen molar-refractivity contribution in [2.75, 3.05) is 20.7 Å². The first-order chi connectivity index (χ1) is 8.67. The molecule has 0 spiro atoms. The third kappa shape index (κ3) is 2.52. The summed E-state index contributed by atoms with van der Waals surface area (Å²) in [6, 6.07) is 6.23. The van der Waals surface area contributed by atoms with Gasteiger partial charge in [-0.15, -0.1) is 0 Å². The summed E-state index contributed by atoms with van der Waals surface area (Å²) in [5, 5.41) is 10.5. The molecule has 1 aromatic carbocycles. The Balaban J connectivity index is 2.20. The molecule has 1 aromatic rings. The van der Waals surface area contributed by atoms with E-state index in [1.54, 1.807) is 7.11 Å². The van der Waals surface area contributed by atoms with E-state index in [0.717, 1.165) is 37.1 Å². The third-order valence-electron chi connectivity index (χ3n) is 3.89. The number of methoxy groups -OCH3 is 1. The Hall–Kier alpha value is -1.06. The zero-order valence-electron chi connectivity index (χ0n) is 11.5. The molecule has 0 fully saturated rings. The highest BCUT2D eigenvalue weighted by atomic mass is 16.5. The summed E-state index contributed by atoms with van der Waals surface area (Å²) in [5.41, 5.74) is 2.29. The van der Waals surface area contributed by atoms with Gasteiger partial charge in [-0.05, 0) is 56.1 Å². The van der Waals surface area contributed by atoms with Crippen molar-refractivity contribution in [1.29, 1.82) is 0 Å². The lowest BCUT2D eigenvalue weighted by Gasteiger charge is -2.36. The molecule has 0 aromatic heterocycles. The number of rotatable bonds is 4. The van der Waals surface area contributed by atoms with E-state index < -0.39 is 0 Å². The quantitative estimate of drug-likeness (QED) is 0.889. The predicted molar refractivity (Wildman–Crippen MR) is 73.0 cm³/mol. The standard InChI is InChI=1S/C15H23NO2/c1-4-9-16(2)14-8-5-11-10-12(18-3)6-7-13(11)15(14)17/h6-7,10,14-15,17H,4-5,8-9H2,1-3H3. The Morgan fingerprint density at radius 1 is 1.44 bits per heavy atom. The lowest BCUT2D eigenvalue weighted by molar-refractivity contribution is 0.0500. The van der Waals surface area contributed by atoms with Crippen molar-refractivity contribution in [1.82, 2.24) is 4.90 Å². The molecular weight excluding hydrogens is 226 g/mol. The molecule has 1 aliphatic carbocycles. The zero-order chi connectivity index (χ0) is 13.1. The van der Waals surface area contributed by atoms with Gasteiger partial charge in [-0.25, -0.2) is 0 Å². The van der Waals surface area contributed by atoms with E-state index in [0.29, 0.717) is 0 Å². The molecule has 3 heteroatoms. The molecule has 0 saturated carbocycles. The number of likely N-dealkylation sites (N-methyl/N-ethyl adjacent to an activating group) is 1. The van der Waals surface area contributed by atoms with Gasteiger partial charge >= 0.3 is 0 Å². The van der Waals surface area contributed by atoms with Gasteiger partial charge in [0, 0.05) is 6.04 Å². The van der Waals surface area contributed by atoms with Crippen LogP contribution in [0.3, 0.4) is 0 Å². The largest absolute Gasteiger partial charge is 0.497 e. The molecule has 0 bridgehead atoms. The van der Waals surface area contributed by atoms with Gasteiger partial charge in [-0.1, -0.05) is 13.0 Å². The highest BCUT2D eigenvalue weighted by molar-refractivity contribution is 5.39. The molecule has 0 saturated heterocycles. The molecule has 0 heterocycles. The summed E-state index contributed by atoms with van der Waals surface area (Å²) >= 11 is 0. The molecule has 2 unspecified atom stereocenters. The van der Waals surface area contributed by atoms with Crippen molar-refractivity contribution in [3.05, 3.63) is 29.3 Å². The van der Waals surface area contributed by atoms with Crippen LogP contribution >= 0.6 is 0 Å². The maximum Gasteiger partial charge on any atom is 0.119 e. The van der Waals surface area contributed by atoms with Crippen LogP contribution in [0.2, 0.25) is 0 Å². The summed E-state index contributed by atoms with van der Waals surface area (Å²) in [4.78, 5) is 2.28. The van der Waals surface area contributed by atoms with Crippen LogP contribution in [0.15, 0.2) is 18.2 Å². The number of hydrogen-bond donors (Lipinski definition) is 1. The summed E-state index contributed by atoms with van der Waals surface area (Å²) < 4.78 is 5.24. The second-order valence-corrected chi connectivity index (χ2v) is 5.10. The summed E-state index contributed by atoms with van der Waals surface area (Å²) in [6.07, 6.45) is 2.77. The maximum absolute atomic E-state index is 10.5. The molecule has 1 N–H and O–H groups in total. The third-order valence-corrected chi connectivity index (χ3v) is 3.89. The van der Waals surface area contributed by atoms with Crippen molar-refractivity contribution < 1.29 is 9.84 Å². The van der Waals surface area contributed by atoms with Gasteiger partial charge in [-0.3, -0.25) is 0 Å². The summed E-state index contributed by atoms with van der Waals surface area (Å²) in [5.74, 6) is 0.876. The number of benzene rings is 1. The SMILES string of the molecule is CCCN(C)C1CCc2cc(OC)ccc2C1O. The zero-order valence-corrected chi connectivity index (χ0v) is 11.5. The monoisotopic (exact) mass is 249 g/mol. The minimum atomic E-state index is -0.379.